The van der Waals surface area contributed by atoms with E-state index in [0.717, 1.165) is 11.6 Å². The number of rotatable bonds is 1. The molecule has 1 spiro atoms. The Labute approximate surface area is 266 Å². The molecule has 0 amide bonds. The van der Waals surface area contributed by atoms with E-state index < -0.39 is 5.66 Å². The molecule has 5 heteroatoms. The predicted molar refractivity (Wildman–Crippen MR) is 179 cm³/mol. The van der Waals surface area contributed by atoms with Gasteiger partial charge >= 0.3 is 11.5 Å². The van der Waals surface area contributed by atoms with Gasteiger partial charge in [-0.1, -0.05) is 70.2 Å². The minimum Gasteiger partial charge on any atom is -0.404 e. The first-order chi connectivity index (χ1) is 22.4. The Morgan fingerprint density at radius 1 is 0.674 bits per heavy atom. The summed E-state index contributed by atoms with van der Waals surface area (Å²) in [5, 5.41) is 2.53. The average molecular weight is 595 g/mol. The highest BCUT2D eigenvalue weighted by Crippen LogP contribution is 2.62. The van der Waals surface area contributed by atoms with Gasteiger partial charge in [0.25, 0.3) is 11.5 Å². The number of hydrogen-bond donors (Lipinski definition) is 0. The van der Waals surface area contributed by atoms with Gasteiger partial charge in [0.05, 0.1) is 28.4 Å². The van der Waals surface area contributed by atoms with Gasteiger partial charge in [0, 0.05) is 27.8 Å². The predicted octanol–water partition coefficient (Wildman–Crippen LogP) is 8.60. The monoisotopic (exact) mass is 594 g/mol. The SMILES string of the molecule is CC(C)c1cc2[n+]3c(c1)-c1ccc4c5[n+]1C31c3c(cccc3-n3c6ccccc6c6ccc(c1c63)O2)N5c1ccccc1C4(C)C. The van der Waals surface area contributed by atoms with E-state index in [-0.39, 0.29) is 5.41 Å². The fourth-order valence-electron chi connectivity index (χ4n) is 9.76. The second kappa shape index (κ2) is 7.18. The third-order valence-electron chi connectivity index (χ3n) is 11.6. The van der Waals surface area contributed by atoms with Gasteiger partial charge in [-0.15, -0.1) is 9.13 Å². The number of nitrogens with zero attached hydrogens (tertiary/aromatic N) is 4. The molecule has 5 aliphatic heterocycles. The van der Waals surface area contributed by atoms with E-state index in [0.29, 0.717) is 5.92 Å². The molecule has 12 rings (SSSR count). The summed E-state index contributed by atoms with van der Waals surface area (Å²) in [6, 6.07) is 38.8. The molecule has 4 aromatic carbocycles. The minimum atomic E-state index is -0.650. The van der Waals surface area contributed by atoms with Crippen LogP contribution in [0.15, 0.2) is 103 Å². The molecule has 1 unspecified atom stereocenters. The van der Waals surface area contributed by atoms with Crippen LogP contribution in [-0.4, -0.2) is 4.57 Å². The highest BCUT2D eigenvalue weighted by Gasteiger charge is 2.73. The van der Waals surface area contributed by atoms with Crippen molar-refractivity contribution in [1.82, 2.24) is 4.57 Å². The maximum Gasteiger partial charge on any atom is 0.378 e. The van der Waals surface area contributed by atoms with Gasteiger partial charge in [-0.3, -0.25) is 0 Å². The Balaban J connectivity index is 1.40. The van der Waals surface area contributed by atoms with Crippen molar-refractivity contribution in [3.63, 3.8) is 0 Å². The second-order valence-corrected chi connectivity index (χ2v) is 14.4. The van der Waals surface area contributed by atoms with E-state index in [1.807, 2.05) is 0 Å². The van der Waals surface area contributed by atoms with E-state index in [9.17, 15) is 0 Å². The van der Waals surface area contributed by atoms with Crippen LogP contribution in [0, 0.1) is 0 Å². The summed E-state index contributed by atoms with van der Waals surface area (Å²) in [6.45, 7) is 9.32. The molecule has 3 aromatic heterocycles. The summed E-state index contributed by atoms with van der Waals surface area (Å²) in [5.74, 6) is 3.45. The van der Waals surface area contributed by atoms with E-state index in [2.05, 4.69) is 149 Å². The smallest absolute Gasteiger partial charge is 0.378 e. The lowest BCUT2D eigenvalue weighted by atomic mass is 9.72. The molecule has 8 heterocycles. The third-order valence-corrected chi connectivity index (χ3v) is 11.6. The van der Waals surface area contributed by atoms with E-state index in [1.165, 1.54) is 83.9 Å². The fourth-order valence-corrected chi connectivity index (χ4v) is 9.76. The quantitative estimate of drug-likeness (QED) is 0.178. The Bertz CT molecular complexity index is 2640. The van der Waals surface area contributed by atoms with Crippen molar-refractivity contribution >= 4 is 39.0 Å². The number of hydrogen-bond acceptors (Lipinski definition) is 2. The Morgan fingerprint density at radius 2 is 1.48 bits per heavy atom. The first-order valence-electron chi connectivity index (χ1n) is 16.4. The summed E-state index contributed by atoms with van der Waals surface area (Å²) in [6.07, 6.45) is 0. The van der Waals surface area contributed by atoms with Gasteiger partial charge in [0.15, 0.2) is 11.4 Å². The summed E-state index contributed by atoms with van der Waals surface area (Å²) < 4.78 is 14.8. The van der Waals surface area contributed by atoms with Gasteiger partial charge < -0.3 is 9.30 Å². The Kier molecular flexibility index (Phi) is 3.73. The molecule has 1 atom stereocenters. The molecule has 0 N–H and O–H groups in total. The fraction of sp³-hybridized carbons (Fsp3) is 0.171. The van der Waals surface area contributed by atoms with Gasteiger partial charge in [-0.2, -0.15) is 4.90 Å². The lowest BCUT2D eigenvalue weighted by Gasteiger charge is -2.44. The number of benzene rings is 4. The first-order valence-corrected chi connectivity index (χ1v) is 16.4. The zero-order chi connectivity index (χ0) is 30.4. The van der Waals surface area contributed by atoms with Gasteiger partial charge in [-0.05, 0) is 60.0 Å². The normalized spacial score (nSPS) is 19.0. The molecule has 0 radical (unpaired) electrons. The van der Waals surface area contributed by atoms with Crippen LogP contribution >= 0.6 is 0 Å². The zero-order valence-electron chi connectivity index (χ0n) is 26.1. The highest BCUT2D eigenvalue weighted by molar-refractivity contribution is 6.12. The molecule has 7 aromatic rings. The molecule has 0 bridgehead atoms. The zero-order valence-corrected chi connectivity index (χ0v) is 26.1. The second-order valence-electron chi connectivity index (χ2n) is 14.4. The van der Waals surface area contributed by atoms with Crippen molar-refractivity contribution in [3.05, 3.63) is 131 Å². The topological polar surface area (TPSA) is 25.2 Å². The minimum absolute atomic E-state index is 0.189. The number of anilines is 3. The molecule has 0 saturated heterocycles. The largest absolute Gasteiger partial charge is 0.404 e. The molecule has 0 aliphatic carbocycles. The van der Waals surface area contributed by atoms with Crippen molar-refractivity contribution in [2.24, 2.45) is 0 Å². The summed E-state index contributed by atoms with van der Waals surface area (Å²) in [7, 11) is 0. The summed E-state index contributed by atoms with van der Waals surface area (Å²) >= 11 is 0. The Hall–Kier alpha value is -5.42. The van der Waals surface area contributed by atoms with E-state index >= 15 is 0 Å². The molecular formula is C41H30N4O+2. The van der Waals surface area contributed by atoms with Crippen molar-refractivity contribution in [3.8, 4) is 28.7 Å². The van der Waals surface area contributed by atoms with Crippen LogP contribution in [-0.2, 0) is 11.1 Å². The average Bonchev–Trinajstić information content (AvgIpc) is 3.57. The standard InChI is InChI=1S/C41H30N4O/c1-22(2)23-20-33-30-18-17-27-39-43(29-13-8-6-11-26(29)40(27,3)4)32-15-9-14-31-36(32)41(45(30)39)37-34(46-35(21-23)44(33)41)19-16-25-24-10-5-7-12-28(24)42(31)38(25)37/h5-22H,1-4H3/q+2. The summed E-state index contributed by atoms with van der Waals surface area (Å²) in [4.78, 5) is 2.56. The Morgan fingerprint density at radius 3 is 2.37 bits per heavy atom. The van der Waals surface area contributed by atoms with Crippen molar-refractivity contribution < 1.29 is 13.9 Å². The molecule has 218 valence electrons. The highest BCUT2D eigenvalue weighted by atomic mass is 16.5. The van der Waals surface area contributed by atoms with Crippen molar-refractivity contribution in [1.29, 1.82) is 0 Å². The summed E-state index contributed by atoms with van der Waals surface area (Å²) in [5.41, 5.74) is 14.3. The van der Waals surface area contributed by atoms with Crippen molar-refractivity contribution in [2.75, 3.05) is 4.90 Å². The number of pyridine rings is 2. The molecule has 0 fully saturated rings. The number of para-hydroxylation sites is 2. The number of ether oxygens (including phenoxy) is 1. The van der Waals surface area contributed by atoms with Gasteiger partial charge in [0.2, 0.25) is 5.69 Å². The van der Waals surface area contributed by atoms with Crippen LogP contribution < -0.4 is 18.8 Å². The molecular weight excluding hydrogens is 564 g/mol. The van der Waals surface area contributed by atoms with E-state index in [4.69, 9.17) is 4.74 Å². The first kappa shape index (κ1) is 23.9. The van der Waals surface area contributed by atoms with Crippen LogP contribution in [0.2, 0.25) is 0 Å². The molecule has 5 nitrogen and oxygen atoms in total. The lowest BCUT2D eigenvalue weighted by molar-refractivity contribution is -0.936. The van der Waals surface area contributed by atoms with Gasteiger partial charge in [-0.25, -0.2) is 0 Å². The number of fused-ring (bicyclic) bond motifs is 8. The number of aromatic nitrogens is 3. The van der Waals surface area contributed by atoms with Crippen LogP contribution in [0.1, 0.15) is 61.4 Å². The lowest BCUT2D eigenvalue weighted by Crippen LogP contribution is -2.76. The molecule has 0 saturated carbocycles. The van der Waals surface area contributed by atoms with Gasteiger partial charge in [0.1, 0.15) is 16.8 Å². The van der Waals surface area contributed by atoms with Crippen LogP contribution in [0.5, 0.6) is 11.6 Å². The maximum atomic E-state index is 7.04. The van der Waals surface area contributed by atoms with Crippen LogP contribution in [0.25, 0.3) is 38.9 Å². The molecule has 46 heavy (non-hydrogen) atoms. The third kappa shape index (κ3) is 2.22. The molecule has 5 aliphatic rings. The van der Waals surface area contributed by atoms with Crippen LogP contribution in [0.4, 0.5) is 17.2 Å². The maximum absolute atomic E-state index is 7.04. The van der Waals surface area contributed by atoms with Crippen LogP contribution in [0.3, 0.4) is 0 Å². The van der Waals surface area contributed by atoms with Crippen molar-refractivity contribution in [2.45, 2.75) is 44.7 Å². The van der Waals surface area contributed by atoms with E-state index in [1.54, 1.807) is 0 Å².